The number of urea groups is 1. The van der Waals surface area contributed by atoms with Gasteiger partial charge in [0, 0.05) is 26.2 Å². The van der Waals surface area contributed by atoms with Gasteiger partial charge in [0.15, 0.2) is 11.5 Å². The summed E-state index contributed by atoms with van der Waals surface area (Å²) in [6.45, 7) is 1.97. The Morgan fingerprint density at radius 1 is 1.00 bits per heavy atom. The van der Waals surface area contributed by atoms with E-state index in [4.69, 9.17) is 9.47 Å². The molecule has 2 aliphatic heterocycles. The Kier molecular flexibility index (Phi) is 5.01. The standard InChI is InChI=1S/C20H20FN3O4/c21-16-4-1-14(2-5-16)11-23-7-8-24(20(23)26)12-19(25)22-10-15-3-6-17-18(9-15)28-13-27-17/h1-6,9H,7-8,10-13H2,(H,22,25). The molecule has 1 fully saturated rings. The molecule has 2 aromatic carbocycles. The molecule has 2 heterocycles. The quantitative estimate of drug-likeness (QED) is 0.827. The lowest BCUT2D eigenvalue weighted by Gasteiger charge is -2.18. The molecule has 1 saturated heterocycles. The first-order chi connectivity index (χ1) is 13.6. The molecule has 0 unspecified atom stereocenters. The van der Waals surface area contributed by atoms with E-state index in [9.17, 15) is 14.0 Å². The van der Waals surface area contributed by atoms with Crippen LogP contribution in [0.4, 0.5) is 9.18 Å². The molecule has 7 nitrogen and oxygen atoms in total. The van der Waals surface area contributed by atoms with Crippen LogP contribution in [0.5, 0.6) is 11.5 Å². The van der Waals surface area contributed by atoms with Crippen molar-refractivity contribution < 1.29 is 23.5 Å². The minimum Gasteiger partial charge on any atom is -0.454 e. The number of nitrogens with one attached hydrogen (secondary N) is 1. The molecule has 146 valence electrons. The number of amides is 3. The van der Waals surface area contributed by atoms with E-state index in [1.165, 1.54) is 17.0 Å². The SMILES string of the molecule is O=C(CN1CCN(Cc2ccc(F)cc2)C1=O)NCc1ccc2c(c1)OCO2. The van der Waals surface area contributed by atoms with Crippen LogP contribution in [0, 0.1) is 5.82 Å². The van der Waals surface area contributed by atoms with Crippen LogP contribution in [-0.2, 0) is 17.9 Å². The third-order valence-corrected chi connectivity index (χ3v) is 4.73. The number of fused-ring (bicyclic) bond motifs is 1. The van der Waals surface area contributed by atoms with Crippen LogP contribution in [0.1, 0.15) is 11.1 Å². The van der Waals surface area contributed by atoms with E-state index in [1.54, 1.807) is 23.1 Å². The molecule has 4 rings (SSSR count). The highest BCUT2D eigenvalue weighted by Crippen LogP contribution is 2.32. The minimum absolute atomic E-state index is 0.00328. The third-order valence-electron chi connectivity index (χ3n) is 4.73. The number of ether oxygens (including phenoxy) is 2. The number of nitrogens with zero attached hydrogens (tertiary/aromatic N) is 2. The van der Waals surface area contributed by atoms with Crippen molar-refractivity contribution in [3.05, 3.63) is 59.4 Å². The number of rotatable bonds is 6. The van der Waals surface area contributed by atoms with Gasteiger partial charge in [0.1, 0.15) is 12.4 Å². The number of carbonyl (C=O) groups is 2. The second kappa shape index (κ2) is 7.75. The molecule has 8 heteroatoms. The Morgan fingerprint density at radius 2 is 1.71 bits per heavy atom. The number of hydrogen-bond acceptors (Lipinski definition) is 4. The summed E-state index contributed by atoms with van der Waals surface area (Å²) < 4.78 is 23.6. The van der Waals surface area contributed by atoms with E-state index in [-0.39, 0.29) is 31.1 Å². The van der Waals surface area contributed by atoms with Gasteiger partial charge in [0.2, 0.25) is 12.7 Å². The predicted molar refractivity (Wildman–Crippen MR) is 98.2 cm³/mol. The molecular formula is C20H20FN3O4. The van der Waals surface area contributed by atoms with E-state index >= 15 is 0 Å². The van der Waals surface area contributed by atoms with E-state index in [1.807, 2.05) is 12.1 Å². The summed E-state index contributed by atoms with van der Waals surface area (Å²) in [6, 6.07) is 11.4. The summed E-state index contributed by atoms with van der Waals surface area (Å²) in [6.07, 6.45) is 0. The largest absolute Gasteiger partial charge is 0.454 e. The molecule has 0 atom stereocenters. The zero-order chi connectivity index (χ0) is 19.5. The first-order valence-corrected chi connectivity index (χ1v) is 9.02. The average Bonchev–Trinajstić information content (AvgIpc) is 3.29. The minimum atomic E-state index is -0.308. The van der Waals surface area contributed by atoms with Crippen molar-refractivity contribution in [2.45, 2.75) is 13.1 Å². The van der Waals surface area contributed by atoms with Gasteiger partial charge in [0.05, 0.1) is 0 Å². The van der Waals surface area contributed by atoms with Crippen LogP contribution in [0.3, 0.4) is 0 Å². The zero-order valence-corrected chi connectivity index (χ0v) is 15.2. The van der Waals surface area contributed by atoms with E-state index in [2.05, 4.69) is 5.32 Å². The van der Waals surface area contributed by atoms with Crippen molar-refractivity contribution in [2.75, 3.05) is 26.4 Å². The second-order valence-corrected chi connectivity index (χ2v) is 6.72. The van der Waals surface area contributed by atoms with Gasteiger partial charge in [-0.3, -0.25) is 4.79 Å². The number of carbonyl (C=O) groups excluding carboxylic acids is 2. The Balaban J connectivity index is 1.26. The fourth-order valence-corrected chi connectivity index (χ4v) is 3.22. The topological polar surface area (TPSA) is 71.1 Å². The molecule has 0 spiro atoms. The van der Waals surface area contributed by atoms with Gasteiger partial charge in [0.25, 0.3) is 0 Å². The molecule has 0 aliphatic carbocycles. The maximum absolute atomic E-state index is 13.0. The van der Waals surface area contributed by atoms with Crippen LogP contribution < -0.4 is 14.8 Å². The van der Waals surface area contributed by atoms with Gasteiger partial charge in [-0.15, -0.1) is 0 Å². The Bertz CT molecular complexity index is 888. The van der Waals surface area contributed by atoms with Crippen molar-refractivity contribution in [2.24, 2.45) is 0 Å². The predicted octanol–water partition coefficient (Wildman–Crippen LogP) is 2.11. The lowest BCUT2D eigenvalue weighted by atomic mass is 10.2. The Morgan fingerprint density at radius 3 is 2.54 bits per heavy atom. The summed E-state index contributed by atoms with van der Waals surface area (Å²) >= 11 is 0. The second-order valence-electron chi connectivity index (χ2n) is 6.72. The van der Waals surface area contributed by atoms with Crippen LogP contribution in [0.15, 0.2) is 42.5 Å². The smallest absolute Gasteiger partial charge is 0.320 e. The normalized spacial score (nSPS) is 15.2. The van der Waals surface area contributed by atoms with Crippen molar-refractivity contribution >= 4 is 11.9 Å². The molecule has 0 radical (unpaired) electrons. The van der Waals surface area contributed by atoms with Crippen molar-refractivity contribution in [3.63, 3.8) is 0 Å². The first kappa shape index (κ1) is 18.1. The molecule has 0 aromatic heterocycles. The first-order valence-electron chi connectivity index (χ1n) is 9.02. The summed E-state index contributed by atoms with van der Waals surface area (Å²) in [5.41, 5.74) is 1.74. The Hall–Kier alpha value is -3.29. The molecule has 3 amide bonds. The lowest BCUT2D eigenvalue weighted by molar-refractivity contribution is -0.121. The number of hydrogen-bond donors (Lipinski definition) is 1. The fourth-order valence-electron chi connectivity index (χ4n) is 3.22. The van der Waals surface area contributed by atoms with Gasteiger partial charge >= 0.3 is 6.03 Å². The summed E-state index contributed by atoms with van der Waals surface area (Å²) in [4.78, 5) is 27.9. The third kappa shape index (κ3) is 4.00. The van der Waals surface area contributed by atoms with Crippen LogP contribution >= 0.6 is 0 Å². The lowest BCUT2D eigenvalue weighted by Crippen LogP contribution is -2.39. The van der Waals surface area contributed by atoms with Crippen LogP contribution in [0.2, 0.25) is 0 Å². The molecule has 0 saturated carbocycles. The molecule has 1 N–H and O–H groups in total. The molecule has 28 heavy (non-hydrogen) atoms. The number of halogens is 1. The van der Waals surface area contributed by atoms with Gasteiger partial charge in [-0.05, 0) is 35.4 Å². The molecule has 2 aliphatic rings. The van der Waals surface area contributed by atoms with Crippen molar-refractivity contribution in [3.8, 4) is 11.5 Å². The van der Waals surface area contributed by atoms with Crippen molar-refractivity contribution in [1.82, 2.24) is 15.1 Å². The van der Waals surface area contributed by atoms with Crippen LogP contribution in [-0.4, -0.2) is 48.2 Å². The maximum Gasteiger partial charge on any atom is 0.320 e. The van der Waals surface area contributed by atoms with Crippen molar-refractivity contribution in [1.29, 1.82) is 0 Å². The summed E-state index contributed by atoms with van der Waals surface area (Å²) in [7, 11) is 0. The van der Waals surface area contributed by atoms with E-state index in [0.29, 0.717) is 37.7 Å². The fraction of sp³-hybridized carbons (Fsp3) is 0.300. The highest BCUT2D eigenvalue weighted by Gasteiger charge is 2.29. The van der Waals surface area contributed by atoms with E-state index < -0.39 is 0 Å². The van der Waals surface area contributed by atoms with Gasteiger partial charge in [-0.2, -0.15) is 0 Å². The summed E-state index contributed by atoms with van der Waals surface area (Å²) in [5, 5.41) is 2.82. The number of benzene rings is 2. The van der Waals surface area contributed by atoms with Gasteiger partial charge in [-0.1, -0.05) is 18.2 Å². The summed E-state index contributed by atoms with van der Waals surface area (Å²) in [5.74, 6) is 0.823. The highest BCUT2D eigenvalue weighted by atomic mass is 19.1. The van der Waals surface area contributed by atoms with E-state index in [0.717, 1.165) is 11.1 Å². The highest BCUT2D eigenvalue weighted by molar-refractivity contribution is 5.85. The molecule has 0 bridgehead atoms. The van der Waals surface area contributed by atoms with Crippen LogP contribution in [0.25, 0.3) is 0 Å². The molecular weight excluding hydrogens is 365 g/mol. The zero-order valence-electron chi connectivity index (χ0n) is 15.2. The average molecular weight is 385 g/mol. The molecule has 2 aromatic rings. The Labute approximate surface area is 161 Å². The van der Waals surface area contributed by atoms with Gasteiger partial charge < -0.3 is 24.6 Å². The monoisotopic (exact) mass is 385 g/mol. The maximum atomic E-state index is 13.0. The van der Waals surface area contributed by atoms with Gasteiger partial charge in [-0.25, -0.2) is 9.18 Å².